The summed E-state index contributed by atoms with van der Waals surface area (Å²) in [5, 5.41) is 0. The summed E-state index contributed by atoms with van der Waals surface area (Å²) in [6.45, 7) is 7.14. The first kappa shape index (κ1) is 19.6. The molecule has 0 aliphatic heterocycles. The summed E-state index contributed by atoms with van der Waals surface area (Å²) in [6.07, 6.45) is 14.8. The first-order valence-corrected chi connectivity index (χ1v) is 10.4. The molecule has 0 radical (unpaired) electrons. The Balaban J connectivity index is 1.27. The van der Waals surface area contributed by atoms with Gasteiger partial charge in [0, 0.05) is 37.9 Å². The van der Waals surface area contributed by atoms with Crippen LogP contribution < -0.4 is 9.64 Å². The summed E-state index contributed by atoms with van der Waals surface area (Å²) in [5.41, 5.74) is 1.20. The minimum absolute atomic E-state index is 0.819. The molecule has 1 aliphatic carbocycles. The number of aromatic nitrogens is 3. The Bertz CT molecular complexity index is 662. The molecular formula is C22H32N4O. The molecule has 3 rings (SSSR count). The van der Waals surface area contributed by atoms with Crippen molar-refractivity contribution in [2.24, 2.45) is 11.8 Å². The predicted molar refractivity (Wildman–Crippen MR) is 109 cm³/mol. The van der Waals surface area contributed by atoms with Gasteiger partial charge in [-0.05, 0) is 62.1 Å². The number of rotatable bonds is 12. The molecule has 2 aromatic rings. The number of aryl methyl sites for hydroxylation is 1. The summed E-state index contributed by atoms with van der Waals surface area (Å²) in [6, 6.07) is 3.84. The monoisotopic (exact) mass is 368 g/mol. The van der Waals surface area contributed by atoms with Crippen molar-refractivity contribution in [1.29, 1.82) is 0 Å². The van der Waals surface area contributed by atoms with Crippen LogP contribution in [0.5, 0.6) is 5.75 Å². The van der Waals surface area contributed by atoms with Gasteiger partial charge in [-0.2, -0.15) is 0 Å². The second-order valence-corrected chi connectivity index (χ2v) is 7.40. The van der Waals surface area contributed by atoms with Crippen LogP contribution in [0.15, 0.2) is 36.9 Å². The molecule has 2 aromatic heterocycles. The second-order valence-electron chi connectivity index (χ2n) is 7.40. The lowest BCUT2D eigenvalue weighted by atomic mass is 10.1. The fraction of sp³-hybridized carbons (Fsp3) is 0.591. The number of hydrogen-bond donors (Lipinski definition) is 0. The molecule has 2 unspecified atom stereocenters. The van der Waals surface area contributed by atoms with Gasteiger partial charge in [-0.3, -0.25) is 4.98 Å². The molecule has 0 aromatic carbocycles. The van der Waals surface area contributed by atoms with E-state index in [1.807, 2.05) is 24.5 Å². The third kappa shape index (κ3) is 6.19. The van der Waals surface area contributed by atoms with E-state index in [9.17, 15) is 0 Å². The van der Waals surface area contributed by atoms with Crippen LogP contribution in [0.25, 0.3) is 0 Å². The Kier molecular flexibility index (Phi) is 7.43. The predicted octanol–water partition coefficient (Wildman–Crippen LogP) is 4.54. The molecule has 0 N–H and O–H groups in total. The SMILES string of the molecule is CCc1cnc(N(CC)CCCCC2CC2CCOc2ccncc2)nc1. The summed E-state index contributed by atoms with van der Waals surface area (Å²) in [4.78, 5) is 15.3. The largest absolute Gasteiger partial charge is 0.493 e. The molecular weight excluding hydrogens is 336 g/mol. The second kappa shape index (κ2) is 10.2. The normalized spacial score (nSPS) is 18.3. The van der Waals surface area contributed by atoms with Crippen molar-refractivity contribution in [2.75, 3.05) is 24.6 Å². The van der Waals surface area contributed by atoms with E-state index in [2.05, 4.69) is 33.7 Å². The molecule has 5 nitrogen and oxygen atoms in total. The first-order chi connectivity index (χ1) is 13.3. The van der Waals surface area contributed by atoms with Crippen molar-refractivity contribution in [3.05, 3.63) is 42.5 Å². The smallest absolute Gasteiger partial charge is 0.225 e. The minimum Gasteiger partial charge on any atom is -0.493 e. The third-order valence-electron chi connectivity index (χ3n) is 5.49. The van der Waals surface area contributed by atoms with E-state index < -0.39 is 0 Å². The molecule has 1 aliphatic rings. The summed E-state index contributed by atoms with van der Waals surface area (Å²) < 4.78 is 5.78. The van der Waals surface area contributed by atoms with Crippen molar-refractivity contribution in [1.82, 2.24) is 15.0 Å². The van der Waals surface area contributed by atoms with E-state index in [1.54, 1.807) is 12.4 Å². The van der Waals surface area contributed by atoms with Crippen LogP contribution in [-0.4, -0.2) is 34.6 Å². The number of nitrogens with zero attached hydrogens (tertiary/aromatic N) is 4. The molecule has 0 saturated heterocycles. The highest BCUT2D eigenvalue weighted by Gasteiger charge is 2.35. The molecule has 1 saturated carbocycles. The number of pyridine rings is 1. The Hall–Kier alpha value is -2.17. The van der Waals surface area contributed by atoms with Crippen molar-refractivity contribution in [2.45, 2.75) is 52.4 Å². The van der Waals surface area contributed by atoms with Crippen LogP contribution in [0.3, 0.4) is 0 Å². The molecule has 2 heterocycles. The third-order valence-corrected chi connectivity index (χ3v) is 5.49. The maximum Gasteiger partial charge on any atom is 0.225 e. The van der Waals surface area contributed by atoms with Crippen LogP contribution in [0.4, 0.5) is 5.95 Å². The van der Waals surface area contributed by atoms with Crippen LogP contribution in [-0.2, 0) is 6.42 Å². The quantitative estimate of drug-likeness (QED) is 0.515. The maximum absolute atomic E-state index is 5.78. The average molecular weight is 369 g/mol. The zero-order valence-corrected chi connectivity index (χ0v) is 16.7. The van der Waals surface area contributed by atoms with E-state index >= 15 is 0 Å². The summed E-state index contributed by atoms with van der Waals surface area (Å²) in [7, 11) is 0. The van der Waals surface area contributed by atoms with E-state index in [1.165, 1.54) is 37.7 Å². The van der Waals surface area contributed by atoms with Crippen molar-refractivity contribution < 1.29 is 4.74 Å². The molecule has 0 amide bonds. The van der Waals surface area contributed by atoms with Crippen molar-refractivity contribution in [3.8, 4) is 5.75 Å². The van der Waals surface area contributed by atoms with E-state index in [0.29, 0.717) is 0 Å². The first-order valence-electron chi connectivity index (χ1n) is 10.4. The van der Waals surface area contributed by atoms with Gasteiger partial charge in [-0.1, -0.05) is 19.8 Å². The van der Waals surface area contributed by atoms with E-state index in [-0.39, 0.29) is 0 Å². The van der Waals surface area contributed by atoms with Crippen LogP contribution in [0.1, 0.15) is 51.5 Å². The van der Waals surface area contributed by atoms with Gasteiger partial charge in [0.1, 0.15) is 5.75 Å². The van der Waals surface area contributed by atoms with Gasteiger partial charge in [-0.15, -0.1) is 0 Å². The fourth-order valence-corrected chi connectivity index (χ4v) is 3.58. The van der Waals surface area contributed by atoms with Gasteiger partial charge in [0.25, 0.3) is 0 Å². The van der Waals surface area contributed by atoms with E-state index in [4.69, 9.17) is 4.74 Å². The van der Waals surface area contributed by atoms with Gasteiger partial charge in [-0.25, -0.2) is 9.97 Å². The molecule has 5 heteroatoms. The van der Waals surface area contributed by atoms with Gasteiger partial charge in [0.05, 0.1) is 6.61 Å². The van der Waals surface area contributed by atoms with Crippen LogP contribution in [0.2, 0.25) is 0 Å². The summed E-state index contributed by atoms with van der Waals surface area (Å²) in [5.74, 6) is 3.56. The van der Waals surface area contributed by atoms with Crippen LogP contribution >= 0.6 is 0 Å². The number of ether oxygens (including phenoxy) is 1. The average Bonchev–Trinajstić information content (AvgIpc) is 3.47. The molecule has 2 atom stereocenters. The van der Waals surface area contributed by atoms with Gasteiger partial charge < -0.3 is 9.64 Å². The highest BCUT2D eigenvalue weighted by Crippen LogP contribution is 2.44. The standard InChI is InChI=1S/C22H32N4O/c1-3-18-16-24-22(25-17-18)26(4-2)13-6-5-7-19-15-20(19)10-14-27-21-8-11-23-12-9-21/h8-9,11-12,16-17,19-20H,3-7,10,13-15H2,1-2H3. The zero-order valence-electron chi connectivity index (χ0n) is 16.7. The highest BCUT2D eigenvalue weighted by atomic mass is 16.5. The molecule has 0 bridgehead atoms. The minimum atomic E-state index is 0.819. The molecule has 146 valence electrons. The van der Waals surface area contributed by atoms with Gasteiger partial charge in [0.2, 0.25) is 5.95 Å². The lowest BCUT2D eigenvalue weighted by Gasteiger charge is -2.20. The number of unbranched alkanes of at least 4 members (excludes halogenated alkanes) is 1. The molecule has 0 spiro atoms. The Morgan fingerprint density at radius 3 is 2.48 bits per heavy atom. The van der Waals surface area contributed by atoms with Gasteiger partial charge in [0.15, 0.2) is 0 Å². The molecule has 1 fully saturated rings. The van der Waals surface area contributed by atoms with E-state index in [0.717, 1.165) is 49.7 Å². The lowest BCUT2D eigenvalue weighted by Crippen LogP contribution is -2.26. The number of anilines is 1. The fourth-order valence-electron chi connectivity index (χ4n) is 3.58. The maximum atomic E-state index is 5.78. The molecule has 27 heavy (non-hydrogen) atoms. The Morgan fingerprint density at radius 1 is 1.04 bits per heavy atom. The van der Waals surface area contributed by atoms with Gasteiger partial charge >= 0.3 is 0 Å². The Morgan fingerprint density at radius 2 is 1.78 bits per heavy atom. The summed E-state index contributed by atoms with van der Waals surface area (Å²) >= 11 is 0. The van der Waals surface area contributed by atoms with Crippen molar-refractivity contribution in [3.63, 3.8) is 0 Å². The Labute approximate surface area is 163 Å². The lowest BCUT2D eigenvalue weighted by molar-refractivity contribution is 0.298. The topological polar surface area (TPSA) is 51.1 Å². The van der Waals surface area contributed by atoms with Crippen LogP contribution in [0, 0.1) is 11.8 Å². The highest BCUT2D eigenvalue weighted by molar-refractivity contribution is 5.29. The number of hydrogen-bond acceptors (Lipinski definition) is 5. The zero-order chi connectivity index (χ0) is 18.9. The van der Waals surface area contributed by atoms with Crippen molar-refractivity contribution >= 4 is 5.95 Å².